The maximum Gasteiger partial charge on any atom is 0.409 e. The Morgan fingerprint density at radius 2 is 1.72 bits per heavy atom. The van der Waals surface area contributed by atoms with E-state index >= 15 is 0 Å². The van der Waals surface area contributed by atoms with Gasteiger partial charge in [-0.3, -0.25) is 14.5 Å². The number of nitrogens with one attached hydrogen (secondary N) is 3. The molecule has 3 rings (SSSR count). The minimum atomic E-state index is -0.291. The van der Waals surface area contributed by atoms with Crippen LogP contribution in [0.5, 0.6) is 0 Å². The van der Waals surface area contributed by atoms with Crippen LogP contribution in [0.15, 0.2) is 36.4 Å². The topological polar surface area (TPSA) is 129 Å². The van der Waals surface area contributed by atoms with Crippen molar-refractivity contribution in [1.82, 2.24) is 25.1 Å². The summed E-state index contributed by atoms with van der Waals surface area (Å²) in [5.74, 6) is 1.10. The van der Waals surface area contributed by atoms with Crippen molar-refractivity contribution in [2.45, 2.75) is 26.7 Å². The maximum atomic E-state index is 12.8. The molecule has 1 aromatic heterocycles. The Morgan fingerprint density at radius 1 is 1.00 bits per heavy atom. The first-order valence-electron chi connectivity index (χ1n) is 12.3. The summed E-state index contributed by atoms with van der Waals surface area (Å²) in [5.41, 5.74) is 0.820. The number of hydrogen-bond donors (Lipinski definition) is 3. The van der Waals surface area contributed by atoms with Crippen LogP contribution in [0.2, 0.25) is 0 Å². The van der Waals surface area contributed by atoms with Crippen LogP contribution in [0.3, 0.4) is 0 Å². The third kappa shape index (κ3) is 8.81. The largest absolute Gasteiger partial charge is 0.449 e. The second-order valence-corrected chi connectivity index (χ2v) is 8.52. The molecule has 36 heavy (non-hydrogen) atoms. The summed E-state index contributed by atoms with van der Waals surface area (Å²) in [6.45, 7) is 7.27. The zero-order valence-corrected chi connectivity index (χ0v) is 21.0. The lowest BCUT2D eigenvalue weighted by atomic mass is 10.2. The van der Waals surface area contributed by atoms with Gasteiger partial charge in [-0.05, 0) is 6.42 Å². The van der Waals surface area contributed by atoms with Gasteiger partial charge in [-0.1, -0.05) is 43.7 Å². The molecule has 0 bridgehead atoms. The predicted octanol–water partition coefficient (Wildman–Crippen LogP) is 2.18. The van der Waals surface area contributed by atoms with Crippen molar-refractivity contribution in [3.63, 3.8) is 0 Å². The molecule has 1 aromatic carbocycles. The SMILES string of the molecule is CCCCOC(=O)N1CCN(CC(=O)Nc2cc(NCCNC(C)=O)nc(-c3ccccc3)n2)CC1. The van der Waals surface area contributed by atoms with Gasteiger partial charge in [-0.15, -0.1) is 0 Å². The number of piperazine rings is 1. The fourth-order valence-electron chi connectivity index (χ4n) is 3.62. The molecule has 11 nitrogen and oxygen atoms in total. The fourth-order valence-corrected chi connectivity index (χ4v) is 3.62. The highest BCUT2D eigenvalue weighted by molar-refractivity contribution is 5.92. The lowest BCUT2D eigenvalue weighted by Crippen LogP contribution is -2.50. The van der Waals surface area contributed by atoms with Crippen LogP contribution in [0, 0.1) is 0 Å². The molecule has 3 N–H and O–H groups in total. The van der Waals surface area contributed by atoms with E-state index in [-0.39, 0.29) is 24.5 Å². The van der Waals surface area contributed by atoms with Gasteiger partial charge in [-0.25, -0.2) is 14.8 Å². The molecule has 0 aliphatic carbocycles. The molecule has 1 aliphatic rings. The van der Waals surface area contributed by atoms with Gasteiger partial charge in [0.05, 0.1) is 13.2 Å². The van der Waals surface area contributed by atoms with Crippen molar-refractivity contribution >= 4 is 29.5 Å². The lowest BCUT2D eigenvalue weighted by Gasteiger charge is -2.33. The van der Waals surface area contributed by atoms with Crippen molar-refractivity contribution in [2.75, 3.05) is 63.1 Å². The second-order valence-electron chi connectivity index (χ2n) is 8.52. The summed E-state index contributed by atoms with van der Waals surface area (Å²) < 4.78 is 5.27. The number of aromatic nitrogens is 2. The Kier molecular flexibility index (Phi) is 10.4. The highest BCUT2D eigenvalue weighted by Gasteiger charge is 2.23. The zero-order chi connectivity index (χ0) is 25.8. The highest BCUT2D eigenvalue weighted by atomic mass is 16.6. The average Bonchev–Trinajstić information content (AvgIpc) is 2.87. The number of carbonyl (C=O) groups is 3. The fraction of sp³-hybridized carbons (Fsp3) is 0.480. The van der Waals surface area contributed by atoms with E-state index < -0.39 is 0 Å². The third-order valence-corrected chi connectivity index (χ3v) is 5.55. The Labute approximate surface area is 211 Å². The number of ether oxygens (including phenoxy) is 1. The zero-order valence-electron chi connectivity index (χ0n) is 21.0. The predicted molar refractivity (Wildman–Crippen MR) is 138 cm³/mol. The first kappa shape index (κ1) is 26.9. The molecule has 3 amide bonds. The summed E-state index contributed by atoms with van der Waals surface area (Å²) in [4.78, 5) is 48.7. The van der Waals surface area contributed by atoms with Crippen LogP contribution < -0.4 is 16.0 Å². The summed E-state index contributed by atoms with van der Waals surface area (Å²) >= 11 is 0. The number of anilines is 2. The molecule has 2 heterocycles. The molecule has 1 aliphatic heterocycles. The molecule has 0 saturated carbocycles. The first-order valence-corrected chi connectivity index (χ1v) is 12.3. The Balaban J connectivity index is 1.57. The van der Waals surface area contributed by atoms with E-state index in [9.17, 15) is 14.4 Å². The molecule has 194 valence electrons. The molecule has 0 radical (unpaired) electrons. The molecule has 0 atom stereocenters. The normalized spacial score (nSPS) is 13.7. The van der Waals surface area contributed by atoms with Crippen LogP contribution in [0.4, 0.5) is 16.4 Å². The van der Waals surface area contributed by atoms with Gasteiger partial charge in [0.25, 0.3) is 0 Å². The van der Waals surface area contributed by atoms with Gasteiger partial charge >= 0.3 is 6.09 Å². The minimum Gasteiger partial charge on any atom is -0.449 e. The summed E-state index contributed by atoms with van der Waals surface area (Å²) in [7, 11) is 0. The molecule has 0 spiro atoms. The standard InChI is InChI=1S/C25H35N7O4/c1-3-4-16-36-25(35)32-14-12-31(13-15-32)18-23(34)28-22-17-21(27-11-10-26-19(2)33)29-24(30-22)20-8-6-5-7-9-20/h5-9,17H,3-4,10-16,18H2,1-2H3,(H,26,33)(H2,27,28,29,30,34). The Hall–Kier alpha value is -3.73. The van der Waals surface area contributed by atoms with E-state index in [0.29, 0.717) is 63.3 Å². The second kappa shape index (κ2) is 14.0. The van der Waals surface area contributed by atoms with E-state index in [1.807, 2.05) is 42.2 Å². The summed E-state index contributed by atoms with van der Waals surface area (Å²) in [6.07, 6.45) is 1.54. The van der Waals surface area contributed by atoms with Gasteiger partial charge in [0.2, 0.25) is 11.8 Å². The molecular weight excluding hydrogens is 462 g/mol. The highest BCUT2D eigenvalue weighted by Crippen LogP contribution is 2.20. The van der Waals surface area contributed by atoms with E-state index in [2.05, 4.69) is 25.9 Å². The van der Waals surface area contributed by atoms with Gasteiger partial charge in [-0.2, -0.15) is 0 Å². The van der Waals surface area contributed by atoms with Crippen molar-refractivity contribution in [3.05, 3.63) is 36.4 Å². The molecule has 2 aromatic rings. The van der Waals surface area contributed by atoms with Crippen LogP contribution >= 0.6 is 0 Å². The van der Waals surface area contributed by atoms with Gasteiger partial charge in [0.1, 0.15) is 11.6 Å². The first-order chi connectivity index (χ1) is 17.4. The van der Waals surface area contributed by atoms with Gasteiger partial charge in [0, 0.05) is 57.8 Å². The Bertz CT molecular complexity index is 1010. The minimum absolute atomic E-state index is 0.105. The van der Waals surface area contributed by atoms with Gasteiger partial charge < -0.3 is 25.6 Å². The molecule has 1 fully saturated rings. The summed E-state index contributed by atoms with van der Waals surface area (Å²) in [6, 6.07) is 11.2. The monoisotopic (exact) mass is 497 g/mol. The summed E-state index contributed by atoms with van der Waals surface area (Å²) in [5, 5.41) is 8.76. The van der Waals surface area contributed by atoms with Gasteiger partial charge in [0.15, 0.2) is 5.82 Å². The molecule has 1 saturated heterocycles. The third-order valence-electron chi connectivity index (χ3n) is 5.55. The van der Waals surface area contributed by atoms with E-state index in [1.54, 1.807) is 11.0 Å². The molecule has 11 heteroatoms. The average molecular weight is 498 g/mol. The van der Waals surface area contributed by atoms with Crippen LogP contribution in [-0.2, 0) is 14.3 Å². The number of nitrogens with zero attached hydrogens (tertiary/aromatic N) is 4. The number of benzene rings is 1. The molecule has 0 unspecified atom stereocenters. The maximum absolute atomic E-state index is 12.8. The van der Waals surface area contributed by atoms with Crippen LogP contribution in [-0.4, -0.2) is 90.1 Å². The number of rotatable bonds is 11. The smallest absolute Gasteiger partial charge is 0.409 e. The van der Waals surface area contributed by atoms with E-state index in [0.717, 1.165) is 18.4 Å². The van der Waals surface area contributed by atoms with Crippen LogP contribution in [0.1, 0.15) is 26.7 Å². The van der Waals surface area contributed by atoms with Crippen molar-refractivity contribution in [2.24, 2.45) is 0 Å². The number of amides is 3. The lowest BCUT2D eigenvalue weighted by molar-refractivity contribution is -0.119. The van der Waals surface area contributed by atoms with Crippen molar-refractivity contribution < 1.29 is 19.1 Å². The quantitative estimate of drug-likeness (QED) is 0.403. The van der Waals surface area contributed by atoms with Crippen molar-refractivity contribution in [3.8, 4) is 11.4 Å². The van der Waals surface area contributed by atoms with Crippen LogP contribution in [0.25, 0.3) is 11.4 Å². The van der Waals surface area contributed by atoms with E-state index in [4.69, 9.17) is 4.74 Å². The number of hydrogen-bond acceptors (Lipinski definition) is 8. The molecular formula is C25H35N7O4. The Morgan fingerprint density at radius 3 is 2.42 bits per heavy atom. The number of carbonyl (C=O) groups excluding carboxylic acids is 3. The van der Waals surface area contributed by atoms with Crippen molar-refractivity contribution in [1.29, 1.82) is 0 Å². The van der Waals surface area contributed by atoms with E-state index in [1.165, 1.54) is 6.92 Å². The number of unbranched alkanes of at least 4 members (excludes halogenated alkanes) is 1.